The Morgan fingerprint density at radius 3 is 2.00 bits per heavy atom. The molecule has 0 atom stereocenters. The molecule has 4 heteroatoms. The summed E-state index contributed by atoms with van der Waals surface area (Å²) in [5.74, 6) is 0. The zero-order valence-corrected chi connectivity index (χ0v) is 9.16. The monoisotopic (exact) mass is 202 g/mol. The summed E-state index contributed by atoms with van der Waals surface area (Å²) in [6.45, 7) is 9.16. The third-order valence-electron chi connectivity index (χ3n) is 1.13. The van der Waals surface area contributed by atoms with Crippen LogP contribution in [-0.2, 0) is 0 Å². The van der Waals surface area contributed by atoms with Gasteiger partial charge in [-0.3, -0.25) is 0 Å². The van der Waals surface area contributed by atoms with E-state index in [1.54, 1.807) is 6.07 Å². The highest BCUT2D eigenvalue weighted by Crippen LogP contribution is 1.93. The minimum Gasteiger partial charge on any atom is -0.358 e. The molecular formula is C8H14N2S2. The van der Waals surface area contributed by atoms with Gasteiger partial charge in [-0.15, -0.1) is 12.6 Å². The van der Waals surface area contributed by atoms with Crippen molar-refractivity contribution in [2.45, 2.75) is 13.8 Å². The van der Waals surface area contributed by atoms with Crippen molar-refractivity contribution in [1.29, 1.82) is 5.26 Å². The Morgan fingerprint density at radius 2 is 2.00 bits per heavy atom. The van der Waals surface area contributed by atoms with Crippen LogP contribution in [0.15, 0.2) is 12.7 Å². The van der Waals surface area contributed by atoms with Gasteiger partial charge in [0.25, 0.3) is 0 Å². The Kier molecular flexibility index (Phi) is 12.2. The minimum atomic E-state index is 0.690. The summed E-state index contributed by atoms with van der Waals surface area (Å²) in [7, 11) is 0. The van der Waals surface area contributed by atoms with Gasteiger partial charge in [-0.05, 0) is 13.8 Å². The van der Waals surface area contributed by atoms with Gasteiger partial charge in [-0.1, -0.05) is 18.8 Å². The SMILES string of the molecule is C=CC#N.CCN(CC)C(=S)S. The van der Waals surface area contributed by atoms with E-state index in [0.29, 0.717) is 4.32 Å². The Bertz CT molecular complexity index is 168. The van der Waals surface area contributed by atoms with E-state index >= 15 is 0 Å². The molecule has 0 amide bonds. The normalized spacial score (nSPS) is 7.17. The molecule has 0 aromatic heterocycles. The van der Waals surface area contributed by atoms with Crippen LogP contribution in [0.1, 0.15) is 13.8 Å². The van der Waals surface area contributed by atoms with Gasteiger partial charge in [-0.25, -0.2) is 0 Å². The third-order valence-corrected chi connectivity index (χ3v) is 1.67. The third kappa shape index (κ3) is 9.47. The van der Waals surface area contributed by atoms with E-state index in [-0.39, 0.29) is 0 Å². The van der Waals surface area contributed by atoms with E-state index in [9.17, 15) is 0 Å². The van der Waals surface area contributed by atoms with Gasteiger partial charge in [0, 0.05) is 19.2 Å². The molecule has 0 aliphatic rings. The maximum absolute atomic E-state index is 7.51. The van der Waals surface area contributed by atoms with Crippen molar-refractivity contribution in [2.24, 2.45) is 0 Å². The van der Waals surface area contributed by atoms with Crippen LogP contribution in [0.3, 0.4) is 0 Å². The van der Waals surface area contributed by atoms with Crippen LogP contribution in [-0.4, -0.2) is 22.3 Å². The number of nitriles is 1. The average Bonchev–Trinajstić information content (AvgIpc) is 2.07. The first-order valence-electron chi connectivity index (χ1n) is 3.62. The molecule has 12 heavy (non-hydrogen) atoms. The summed E-state index contributed by atoms with van der Waals surface area (Å²) < 4.78 is 0.690. The summed E-state index contributed by atoms with van der Waals surface area (Å²) in [6, 6.07) is 1.69. The van der Waals surface area contributed by atoms with E-state index in [1.807, 2.05) is 4.90 Å². The predicted octanol–water partition coefficient (Wildman–Crippen LogP) is 2.24. The van der Waals surface area contributed by atoms with Crippen molar-refractivity contribution in [3.8, 4) is 6.07 Å². The van der Waals surface area contributed by atoms with Crippen molar-refractivity contribution in [1.82, 2.24) is 4.90 Å². The summed E-state index contributed by atoms with van der Waals surface area (Å²) in [4.78, 5) is 2.01. The fraction of sp³-hybridized carbons (Fsp3) is 0.500. The van der Waals surface area contributed by atoms with E-state index in [0.717, 1.165) is 13.1 Å². The molecule has 0 spiro atoms. The minimum absolute atomic E-state index is 0.690. The number of hydrogen-bond donors (Lipinski definition) is 1. The van der Waals surface area contributed by atoms with E-state index in [2.05, 4.69) is 33.1 Å². The lowest BCUT2D eigenvalue weighted by molar-refractivity contribution is 0.482. The van der Waals surface area contributed by atoms with Crippen molar-refractivity contribution in [3.63, 3.8) is 0 Å². The highest BCUT2D eigenvalue weighted by Gasteiger charge is 1.96. The molecule has 0 saturated heterocycles. The van der Waals surface area contributed by atoms with E-state index in [4.69, 9.17) is 17.5 Å². The molecule has 0 heterocycles. The van der Waals surface area contributed by atoms with Crippen LogP contribution < -0.4 is 0 Å². The van der Waals surface area contributed by atoms with Gasteiger partial charge in [0.1, 0.15) is 4.32 Å². The topological polar surface area (TPSA) is 27.0 Å². The number of allylic oxidation sites excluding steroid dienone is 1. The van der Waals surface area contributed by atoms with Crippen molar-refractivity contribution >= 4 is 29.2 Å². The van der Waals surface area contributed by atoms with Crippen LogP contribution in [0.4, 0.5) is 0 Å². The van der Waals surface area contributed by atoms with Crippen LogP contribution in [0, 0.1) is 11.3 Å². The molecule has 0 bridgehead atoms. The van der Waals surface area contributed by atoms with E-state index in [1.165, 1.54) is 6.08 Å². The smallest absolute Gasteiger partial charge is 0.133 e. The van der Waals surface area contributed by atoms with Gasteiger partial charge < -0.3 is 4.90 Å². The molecule has 0 fully saturated rings. The molecule has 0 N–H and O–H groups in total. The molecular weight excluding hydrogens is 188 g/mol. The van der Waals surface area contributed by atoms with Gasteiger partial charge in [0.15, 0.2) is 0 Å². The van der Waals surface area contributed by atoms with Gasteiger partial charge in [-0.2, -0.15) is 5.26 Å². The maximum Gasteiger partial charge on any atom is 0.133 e. The average molecular weight is 202 g/mol. The van der Waals surface area contributed by atoms with Crippen molar-refractivity contribution < 1.29 is 0 Å². The fourth-order valence-electron chi connectivity index (χ4n) is 0.494. The fourth-order valence-corrected chi connectivity index (χ4v) is 1.04. The highest BCUT2D eigenvalue weighted by molar-refractivity contribution is 8.10. The van der Waals surface area contributed by atoms with Gasteiger partial charge >= 0.3 is 0 Å². The number of thiol groups is 1. The van der Waals surface area contributed by atoms with Gasteiger partial charge in [0.2, 0.25) is 0 Å². The molecule has 0 saturated carbocycles. The van der Waals surface area contributed by atoms with Crippen LogP contribution in [0.5, 0.6) is 0 Å². The Hall–Kier alpha value is -0.530. The molecule has 0 radical (unpaired) electrons. The summed E-state index contributed by atoms with van der Waals surface area (Å²) >= 11 is 8.82. The number of rotatable bonds is 2. The van der Waals surface area contributed by atoms with Crippen LogP contribution >= 0.6 is 24.8 Å². The number of thiocarbonyl (C=S) groups is 1. The highest BCUT2D eigenvalue weighted by atomic mass is 32.1. The lowest BCUT2D eigenvalue weighted by Gasteiger charge is -2.16. The zero-order chi connectivity index (χ0) is 9.98. The molecule has 0 rings (SSSR count). The molecule has 68 valence electrons. The van der Waals surface area contributed by atoms with Crippen molar-refractivity contribution in [3.05, 3.63) is 12.7 Å². The second-order valence-electron chi connectivity index (χ2n) is 1.79. The van der Waals surface area contributed by atoms with Crippen LogP contribution in [0.2, 0.25) is 0 Å². The quantitative estimate of drug-likeness (QED) is 0.423. The Balaban J connectivity index is 0. The summed E-state index contributed by atoms with van der Waals surface area (Å²) in [5.41, 5.74) is 0. The molecule has 0 aromatic carbocycles. The largest absolute Gasteiger partial charge is 0.358 e. The predicted molar refractivity (Wildman–Crippen MR) is 60.3 cm³/mol. The standard InChI is InChI=1S/C5H11NS2.C3H3N/c1-3-6(4-2)5(7)8;1-2-3-4/h3-4H2,1-2H3,(H,7,8);2H,1H2. The molecule has 0 unspecified atom stereocenters. The first kappa shape index (κ1) is 14.0. The Labute approximate surface area is 85.3 Å². The lowest BCUT2D eigenvalue weighted by atomic mass is 10.6. The molecule has 0 aliphatic heterocycles. The molecule has 0 aromatic rings. The number of hydrogen-bond acceptors (Lipinski definition) is 2. The molecule has 0 aliphatic carbocycles. The van der Waals surface area contributed by atoms with Crippen molar-refractivity contribution in [2.75, 3.05) is 13.1 Å². The Morgan fingerprint density at radius 1 is 1.67 bits per heavy atom. The second-order valence-corrected chi connectivity index (χ2v) is 2.90. The zero-order valence-electron chi connectivity index (χ0n) is 7.45. The number of nitrogens with zero attached hydrogens (tertiary/aromatic N) is 2. The van der Waals surface area contributed by atoms with E-state index < -0.39 is 0 Å². The van der Waals surface area contributed by atoms with Crippen LogP contribution in [0.25, 0.3) is 0 Å². The maximum atomic E-state index is 7.51. The summed E-state index contributed by atoms with van der Waals surface area (Å²) in [5, 5.41) is 7.51. The second kappa shape index (κ2) is 10.5. The lowest BCUT2D eigenvalue weighted by Crippen LogP contribution is -2.24. The van der Waals surface area contributed by atoms with Gasteiger partial charge in [0.05, 0.1) is 6.07 Å². The first-order valence-corrected chi connectivity index (χ1v) is 4.47. The summed E-state index contributed by atoms with van der Waals surface area (Å²) in [6.07, 6.45) is 1.18. The molecule has 2 nitrogen and oxygen atoms in total. The first-order chi connectivity index (χ1) is 5.63.